The molecule has 0 saturated carbocycles. The standard InChI is InChI=1S/C19H28N4O3S2/c1-12(2)11-15(23-28(25,26)14-9-7-13(3)8-10-14)16(24)20-18-22-21-17(27-18)19(4,5)6/h7-10,12,15,23H,11H2,1-6H3,(H,20,22,24). The van der Waals surface area contributed by atoms with E-state index in [1.54, 1.807) is 12.1 Å². The molecule has 1 unspecified atom stereocenters. The van der Waals surface area contributed by atoms with Crippen LogP contribution in [0.5, 0.6) is 0 Å². The number of benzene rings is 1. The Labute approximate surface area is 171 Å². The van der Waals surface area contributed by atoms with Gasteiger partial charge in [-0.15, -0.1) is 10.2 Å². The average molecular weight is 425 g/mol. The van der Waals surface area contributed by atoms with Crippen molar-refractivity contribution in [1.29, 1.82) is 0 Å². The summed E-state index contributed by atoms with van der Waals surface area (Å²) in [6.07, 6.45) is 0.363. The summed E-state index contributed by atoms with van der Waals surface area (Å²) in [5, 5.41) is 12.0. The predicted octanol–water partition coefficient (Wildman–Crippen LogP) is 3.48. The van der Waals surface area contributed by atoms with E-state index in [1.165, 1.54) is 23.5 Å². The summed E-state index contributed by atoms with van der Waals surface area (Å²) < 4.78 is 28.0. The van der Waals surface area contributed by atoms with Crippen LogP contribution in [0.1, 0.15) is 51.6 Å². The maximum Gasteiger partial charge on any atom is 0.244 e. The fourth-order valence-electron chi connectivity index (χ4n) is 2.42. The van der Waals surface area contributed by atoms with E-state index in [0.29, 0.717) is 11.6 Å². The Morgan fingerprint density at radius 2 is 1.75 bits per heavy atom. The van der Waals surface area contributed by atoms with Gasteiger partial charge in [-0.05, 0) is 31.4 Å². The summed E-state index contributed by atoms with van der Waals surface area (Å²) in [6, 6.07) is 5.60. The van der Waals surface area contributed by atoms with Crippen molar-refractivity contribution in [2.75, 3.05) is 5.32 Å². The van der Waals surface area contributed by atoms with Gasteiger partial charge in [0.2, 0.25) is 21.1 Å². The molecule has 1 aromatic carbocycles. The minimum Gasteiger partial charge on any atom is -0.299 e. The zero-order chi connectivity index (χ0) is 21.1. The second-order valence-corrected chi connectivity index (χ2v) is 11.0. The molecule has 0 radical (unpaired) electrons. The zero-order valence-corrected chi connectivity index (χ0v) is 18.7. The minimum atomic E-state index is -3.82. The molecule has 0 aliphatic heterocycles. The number of hydrogen-bond donors (Lipinski definition) is 2. The highest BCUT2D eigenvalue weighted by Crippen LogP contribution is 2.28. The molecule has 0 aliphatic rings. The first-order chi connectivity index (χ1) is 12.9. The third-order valence-electron chi connectivity index (χ3n) is 3.95. The molecule has 1 heterocycles. The highest BCUT2D eigenvalue weighted by Gasteiger charge is 2.28. The Morgan fingerprint density at radius 1 is 1.14 bits per heavy atom. The second kappa shape index (κ2) is 8.67. The van der Waals surface area contributed by atoms with Gasteiger partial charge in [0.1, 0.15) is 11.0 Å². The number of nitrogens with zero attached hydrogens (tertiary/aromatic N) is 2. The van der Waals surface area contributed by atoms with E-state index in [0.717, 1.165) is 10.6 Å². The quantitative estimate of drug-likeness (QED) is 0.709. The fraction of sp³-hybridized carbons (Fsp3) is 0.526. The zero-order valence-electron chi connectivity index (χ0n) is 17.1. The van der Waals surface area contributed by atoms with E-state index in [-0.39, 0.29) is 16.2 Å². The minimum absolute atomic E-state index is 0.121. The molecule has 0 fully saturated rings. The molecule has 1 amide bonds. The van der Waals surface area contributed by atoms with Crippen LogP contribution in [0.25, 0.3) is 0 Å². The van der Waals surface area contributed by atoms with Gasteiger partial charge in [-0.3, -0.25) is 10.1 Å². The smallest absolute Gasteiger partial charge is 0.244 e. The maximum absolute atomic E-state index is 12.8. The van der Waals surface area contributed by atoms with Crippen LogP contribution in [-0.4, -0.2) is 30.6 Å². The molecule has 2 rings (SSSR count). The summed E-state index contributed by atoms with van der Waals surface area (Å²) in [5.74, 6) is -0.322. The van der Waals surface area contributed by atoms with Crippen molar-refractivity contribution in [1.82, 2.24) is 14.9 Å². The van der Waals surface area contributed by atoms with Gasteiger partial charge in [-0.2, -0.15) is 4.72 Å². The van der Waals surface area contributed by atoms with Crippen LogP contribution >= 0.6 is 11.3 Å². The molecule has 0 spiro atoms. The molecule has 2 N–H and O–H groups in total. The molecule has 28 heavy (non-hydrogen) atoms. The van der Waals surface area contributed by atoms with Crippen LogP contribution < -0.4 is 10.0 Å². The van der Waals surface area contributed by atoms with Crippen LogP contribution in [0.2, 0.25) is 0 Å². The van der Waals surface area contributed by atoms with Crippen molar-refractivity contribution < 1.29 is 13.2 Å². The van der Waals surface area contributed by atoms with E-state index in [2.05, 4.69) is 20.2 Å². The number of sulfonamides is 1. The summed E-state index contributed by atoms with van der Waals surface area (Å²) in [7, 11) is -3.82. The number of carbonyl (C=O) groups excluding carboxylic acids is 1. The molecule has 7 nitrogen and oxygen atoms in total. The van der Waals surface area contributed by atoms with E-state index < -0.39 is 22.0 Å². The van der Waals surface area contributed by atoms with Crippen molar-refractivity contribution in [3.8, 4) is 0 Å². The molecule has 0 bridgehead atoms. The molecule has 1 atom stereocenters. The van der Waals surface area contributed by atoms with Crippen LogP contribution in [0.3, 0.4) is 0 Å². The summed E-state index contributed by atoms with van der Waals surface area (Å²) in [4.78, 5) is 12.9. The lowest BCUT2D eigenvalue weighted by Crippen LogP contribution is -2.44. The number of anilines is 1. The number of amides is 1. The third kappa shape index (κ3) is 6.08. The lowest BCUT2D eigenvalue weighted by atomic mass is 9.98. The predicted molar refractivity (Wildman–Crippen MR) is 112 cm³/mol. The number of hydrogen-bond acceptors (Lipinski definition) is 6. The number of rotatable bonds is 7. The SMILES string of the molecule is Cc1ccc(S(=O)(=O)NC(CC(C)C)C(=O)Nc2nnc(C(C)(C)C)s2)cc1. The van der Waals surface area contributed by atoms with E-state index in [4.69, 9.17) is 0 Å². The van der Waals surface area contributed by atoms with Gasteiger partial charge in [-0.25, -0.2) is 8.42 Å². The van der Waals surface area contributed by atoms with Gasteiger partial charge < -0.3 is 0 Å². The van der Waals surface area contributed by atoms with E-state index in [1.807, 2.05) is 41.5 Å². The molecule has 2 aromatic rings. The maximum atomic E-state index is 12.8. The lowest BCUT2D eigenvalue weighted by molar-refractivity contribution is -0.118. The van der Waals surface area contributed by atoms with E-state index in [9.17, 15) is 13.2 Å². The molecule has 1 aromatic heterocycles. The highest BCUT2D eigenvalue weighted by atomic mass is 32.2. The summed E-state index contributed by atoms with van der Waals surface area (Å²) >= 11 is 1.29. The van der Waals surface area contributed by atoms with E-state index >= 15 is 0 Å². The Balaban J connectivity index is 2.19. The number of nitrogens with one attached hydrogen (secondary N) is 2. The van der Waals surface area contributed by atoms with Crippen molar-refractivity contribution in [3.63, 3.8) is 0 Å². The average Bonchev–Trinajstić information content (AvgIpc) is 3.02. The van der Waals surface area contributed by atoms with Crippen molar-refractivity contribution in [3.05, 3.63) is 34.8 Å². The van der Waals surface area contributed by atoms with Gasteiger partial charge in [0, 0.05) is 5.41 Å². The molecule has 154 valence electrons. The number of carbonyl (C=O) groups is 1. The Morgan fingerprint density at radius 3 is 2.25 bits per heavy atom. The molecular formula is C19H28N4O3S2. The Hall–Kier alpha value is -1.84. The van der Waals surface area contributed by atoms with Gasteiger partial charge in [0.05, 0.1) is 4.90 Å². The normalized spacial score (nSPS) is 13.5. The van der Waals surface area contributed by atoms with Crippen molar-refractivity contribution >= 4 is 32.4 Å². The molecular weight excluding hydrogens is 396 g/mol. The van der Waals surface area contributed by atoms with Gasteiger partial charge in [-0.1, -0.05) is 63.7 Å². The van der Waals surface area contributed by atoms with Crippen LogP contribution in [0.4, 0.5) is 5.13 Å². The number of aryl methyl sites for hydroxylation is 1. The molecule has 0 aliphatic carbocycles. The first-order valence-electron chi connectivity index (χ1n) is 9.12. The largest absolute Gasteiger partial charge is 0.299 e. The van der Waals surface area contributed by atoms with Crippen LogP contribution in [0.15, 0.2) is 29.2 Å². The first-order valence-corrected chi connectivity index (χ1v) is 11.4. The molecule has 0 saturated heterocycles. The van der Waals surface area contributed by atoms with Gasteiger partial charge in [0.15, 0.2) is 0 Å². The fourth-order valence-corrected chi connectivity index (χ4v) is 4.43. The van der Waals surface area contributed by atoms with Crippen molar-refractivity contribution in [2.24, 2.45) is 5.92 Å². The van der Waals surface area contributed by atoms with Crippen LogP contribution in [0, 0.1) is 12.8 Å². The van der Waals surface area contributed by atoms with Gasteiger partial charge >= 0.3 is 0 Å². The first kappa shape index (κ1) is 22.4. The third-order valence-corrected chi connectivity index (χ3v) is 6.70. The lowest BCUT2D eigenvalue weighted by Gasteiger charge is -2.19. The summed E-state index contributed by atoms with van der Waals surface area (Å²) in [5.41, 5.74) is 0.784. The van der Waals surface area contributed by atoms with Gasteiger partial charge in [0.25, 0.3) is 0 Å². The van der Waals surface area contributed by atoms with Crippen molar-refractivity contribution in [2.45, 2.75) is 64.3 Å². The number of aromatic nitrogens is 2. The Kier molecular flexibility index (Phi) is 6.95. The topological polar surface area (TPSA) is 101 Å². The molecule has 9 heteroatoms. The second-order valence-electron chi connectivity index (χ2n) is 8.27. The van der Waals surface area contributed by atoms with Crippen LogP contribution in [-0.2, 0) is 20.2 Å². The highest BCUT2D eigenvalue weighted by molar-refractivity contribution is 7.89. The summed E-state index contributed by atoms with van der Waals surface area (Å²) in [6.45, 7) is 11.8. The monoisotopic (exact) mass is 424 g/mol. The Bertz CT molecular complexity index is 913.